The van der Waals surface area contributed by atoms with Gasteiger partial charge in [-0.25, -0.2) is 0 Å². The van der Waals surface area contributed by atoms with Crippen LogP contribution >= 0.6 is 11.6 Å². The van der Waals surface area contributed by atoms with Gasteiger partial charge in [-0.2, -0.15) is 13.2 Å². The van der Waals surface area contributed by atoms with E-state index in [4.69, 9.17) is 11.6 Å². The van der Waals surface area contributed by atoms with E-state index in [0.717, 1.165) is 12.1 Å². The Hall–Kier alpha value is -0.845. The first-order valence-electron chi connectivity index (χ1n) is 4.14. The third kappa shape index (κ3) is 3.07. The molecule has 1 aromatic carbocycles. The Morgan fingerprint density at radius 3 is 2.06 bits per heavy atom. The lowest BCUT2D eigenvalue weighted by molar-refractivity contribution is -0.139. The third-order valence-electron chi connectivity index (χ3n) is 1.94. The van der Waals surface area contributed by atoms with Gasteiger partial charge < -0.3 is 12.9 Å². The summed E-state index contributed by atoms with van der Waals surface area (Å²) in [6.07, 6.45) is -5.36. The monoisotopic (exact) mass is 261 g/mol. The molecule has 0 nitrogen and oxygen atoms in total. The zero-order valence-corrected chi connectivity index (χ0v) is 8.37. The van der Waals surface area contributed by atoms with Gasteiger partial charge in [0.15, 0.2) is 0 Å². The fourth-order valence-electron chi connectivity index (χ4n) is 1.32. The van der Waals surface area contributed by atoms with Gasteiger partial charge in [0, 0.05) is 10.8 Å². The molecule has 0 aliphatic heterocycles. The van der Waals surface area contributed by atoms with Crippen molar-refractivity contribution in [3.8, 4) is 0 Å². The highest BCUT2D eigenvalue weighted by atomic mass is 35.5. The fourth-order valence-corrected chi connectivity index (χ4v) is 1.52. The van der Waals surface area contributed by atoms with Crippen LogP contribution in [0.1, 0.15) is 11.4 Å². The molecule has 0 aliphatic rings. The van der Waals surface area contributed by atoms with Crippen LogP contribution in [0.4, 0.5) is 26.1 Å². The standard InChI is InChI=1S/C8H5BClF6/c10-6-3-1-2-5(4-6)7(8(11,12)13)9(14,15)16/h1-4,7H/q-1. The Balaban J connectivity index is 3.23. The largest absolute Gasteiger partial charge is 0.494 e. The summed E-state index contributed by atoms with van der Waals surface area (Å²) >= 11 is 5.36. The van der Waals surface area contributed by atoms with E-state index in [-0.39, 0.29) is 5.02 Å². The molecule has 0 aliphatic carbocycles. The molecule has 16 heavy (non-hydrogen) atoms. The molecule has 0 saturated carbocycles. The van der Waals surface area contributed by atoms with Gasteiger partial charge in [0.1, 0.15) is 0 Å². The highest BCUT2D eigenvalue weighted by molar-refractivity contribution is 6.60. The molecule has 1 rings (SSSR count). The summed E-state index contributed by atoms with van der Waals surface area (Å²) < 4.78 is 73.9. The molecule has 0 radical (unpaired) electrons. The van der Waals surface area contributed by atoms with Crippen molar-refractivity contribution in [2.75, 3.05) is 0 Å². The zero-order chi connectivity index (χ0) is 12.6. The second-order valence-electron chi connectivity index (χ2n) is 3.20. The van der Waals surface area contributed by atoms with Crippen LogP contribution in [0.15, 0.2) is 24.3 Å². The quantitative estimate of drug-likeness (QED) is 0.547. The Bertz CT molecular complexity index is 358. The molecular formula is C8H5BClF6-. The molecule has 1 aromatic rings. The lowest BCUT2D eigenvalue weighted by Crippen LogP contribution is -2.38. The topological polar surface area (TPSA) is 0 Å². The maximum atomic E-state index is 12.3. The molecule has 1 atom stereocenters. The van der Waals surface area contributed by atoms with E-state index in [1.54, 1.807) is 0 Å². The maximum Gasteiger partial charge on any atom is 0.494 e. The predicted octanol–water partition coefficient (Wildman–Crippen LogP) is 4.37. The Labute approximate surface area is 92.3 Å². The van der Waals surface area contributed by atoms with Gasteiger partial charge in [0.05, 0.1) is 0 Å². The summed E-state index contributed by atoms with van der Waals surface area (Å²) in [4.78, 5) is 0. The Morgan fingerprint density at radius 2 is 1.69 bits per heavy atom. The number of halogens is 7. The van der Waals surface area contributed by atoms with Crippen LogP contribution in [-0.2, 0) is 0 Å². The van der Waals surface area contributed by atoms with Crippen LogP contribution in [0.25, 0.3) is 0 Å². The van der Waals surface area contributed by atoms with Crippen molar-refractivity contribution in [2.24, 2.45) is 0 Å². The first kappa shape index (κ1) is 13.2. The van der Waals surface area contributed by atoms with Gasteiger partial charge in [-0.1, -0.05) is 29.3 Å². The van der Waals surface area contributed by atoms with Crippen molar-refractivity contribution < 1.29 is 26.1 Å². The fraction of sp³-hybridized carbons (Fsp3) is 0.250. The van der Waals surface area contributed by atoms with Crippen molar-refractivity contribution in [1.29, 1.82) is 0 Å². The van der Waals surface area contributed by atoms with Crippen molar-refractivity contribution in [3.63, 3.8) is 0 Å². The molecule has 1 unspecified atom stereocenters. The van der Waals surface area contributed by atoms with Crippen LogP contribution in [0.3, 0.4) is 0 Å². The van der Waals surface area contributed by atoms with Gasteiger partial charge in [0.2, 0.25) is 0 Å². The van der Waals surface area contributed by atoms with Gasteiger partial charge >= 0.3 is 13.2 Å². The number of hydrogen-bond acceptors (Lipinski definition) is 0. The van der Waals surface area contributed by atoms with Crippen LogP contribution < -0.4 is 0 Å². The van der Waals surface area contributed by atoms with E-state index in [1.165, 1.54) is 6.07 Å². The van der Waals surface area contributed by atoms with Crippen LogP contribution in [0, 0.1) is 0 Å². The Kier molecular flexibility index (Phi) is 3.47. The third-order valence-corrected chi connectivity index (χ3v) is 2.17. The maximum absolute atomic E-state index is 12.3. The highest BCUT2D eigenvalue weighted by Gasteiger charge is 2.52. The molecule has 0 saturated heterocycles. The second-order valence-corrected chi connectivity index (χ2v) is 3.64. The average molecular weight is 261 g/mol. The van der Waals surface area contributed by atoms with Gasteiger partial charge in [-0.15, -0.1) is 0 Å². The molecular weight excluding hydrogens is 256 g/mol. The predicted molar refractivity (Wildman–Crippen MR) is 49.3 cm³/mol. The van der Waals surface area contributed by atoms with Crippen molar-refractivity contribution in [2.45, 2.75) is 12.0 Å². The molecule has 8 heteroatoms. The van der Waals surface area contributed by atoms with Crippen LogP contribution in [-0.4, -0.2) is 13.2 Å². The van der Waals surface area contributed by atoms with E-state index < -0.39 is 24.5 Å². The van der Waals surface area contributed by atoms with Crippen LogP contribution in [0.5, 0.6) is 0 Å². The molecule has 0 N–H and O–H groups in total. The summed E-state index contributed by atoms with van der Waals surface area (Å²) in [6, 6.07) is 3.70. The molecule has 90 valence electrons. The summed E-state index contributed by atoms with van der Waals surface area (Å²) in [6.45, 7) is -6.05. The lowest BCUT2D eigenvalue weighted by atomic mass is 9.68. The van der Waals surface area contributed by atoms with Gasteiger partial charge in [-0.3, -0.25) is 0 Å². The van der Waals surface area contributed by atoms with E-state index in [0.29, 0.717) is 6.07 Å². The number of alkyl halides is 3. The number of benzene rings is 1. The molecule has 0 bridgehead atoms. The minimum Gasteiger partial charge on any atom is -0.448 e. The Morgan fingerprint density at radius 1 is 1.12 bits per heavy atom. The van der Waals surface area contributed by atoms with Crippen molar-refractivity contribution >= 4 is 18.6 Å². The lowest BCUT2D eigenvalue weighted by Gasteiger charge is -2.29. The SMILES string of the molecule is F[B-](F)(F)C(c1cccc(Cl)c1)C(F)(F)F. The molecule has 0 amide bonds. The van der Waals surface area contributed by atoms with Crippen molar-refractivity contribution in [3.05, 3.63) is 34.9 Å². The van der Waals surface area contributed by atoms with Gasteiger partial charge in [-0.05, 0) is 12.1 Å². The van der Waals surface area contributed by atoms with E-state index in [2.05, 4.69) is 0 Å². The van der Waals surface area contributed by atoms with E-state index in [1.807, 2.05) is 0 Å². The van der Waals surface area contributed by atoms with Crippen LogP contribution in [0.2, 0.25) is 5.02 Å². The van der Waals surface area contributed by atoms with Gasteiger partial charge in [0.25, 0.3) is 0 Å². The van der Waals surface area contributed by atoms with E-state index >= 15 is 0 Å². The summed E-state index contributed by atoms with van der Waals surface area (Å²) in [5, 5.41) is -0.160. The molecule has 0 spiro atoms. The minimum absolute atomic E-state index is 0.160. The number of rotatable bonds is 2. The van der Waals surface area contributed by atoms with Crippen molar-refractivity contribution in [1.82, 2.24) is 0 Å². The average Bonchev–Trinajstić information content (AvgIpc) is 1.97. The molecule has 0 heterocycles. The summed E-state index contributed by atoms with van der Waals surface area (Å²) in [7, 11) is 0. The normalized spacial score (nSPS) is 14.9. The highest BCUT2D eigenvalue weighted by Crippen LogP contribution is 2.43. The second kappa shape index (κ2) is 4.20. The summed E-state index contributed by atoms with van der Waals surface area (Å²) in [5.74, 6) is -3.44. The first-order chi connectivity index (χ1) is 7.12. The molecule has 0 fully saturated rings. The zero-order valence-electron chi connectivity index (χ0n) is 7.61. The first-order valence-corrected chi connectivity index (χ1v) is 4.52. The van der Waals surface area contributed by atoms with E-state index in [9.17, 15) is 26.1 Å². The minimum atomic E-state index is -6.05. The molecule has 0 aromatic heterocycles. The summed E-state index contributed by atoms with van der Waals surface area (Å²) in [5.41, 5.74) is -0.882. The number of hydrogen-bond donors (Lipinski definition) is 0. The smallest absolute Gasteiger partial charge is 0.448 e.